The van der Waals surface area contributed by atoms with Crippen LogP contribution in [0.15, 0.2) is 18.3 Å². The minimum atomic E-state index is 0.0216. The summed E-state index contributed by atoms with van der Waals surface area (Å²) in [6.07, 6.45) is 4.95. The Morgan fingerprint density at radius 2 is 2.17 bits per heavy atom. The molecule has 0 aliphatic carbocycles. The number of ether oxygens (including phenoxy) is 1. The summed E-state index contributed by atoms with van der Waals surface area (Å²) in [6.45, 7) is 2.08. The second-order valence-corrected chi connectivity index (χ2v) is 7.56. The maximum atomic E-state index is 12.9. The van der Waals surface area contributed by atoms with Crippen LogP contribution in [0.25, 0.3) is 0 Å². The van der Waals surface area contributed by atoms with E-state index in [1.165, 1.54) is 0 Å². The second-order valence-electron chi connectivity index (χ2n) is 6.41. The summed E-state index contributed by atoms with van der Waals surface area (Å²) >= 11 is 1.89. The van der Waals surface area contributed by atoms with Crippen LogP contribution < -0.4 is 4.74 Å². The molecule has 1 aromatic heterocycles. The molecule has 6 heteroatoms. The van der Waals surface area contributed by atoms with E-state index in [1.807, 2.05) is 35.8 Å². The van der Waals surface area contributed by atoms with Gasteiger partial charge in [0.2, 0.25) is 5.88 Å². The van der Waals surface area contributed by atoms with Gasteiger partial charge in [-0.3, -0.25) is 4.79 Å². The Labute approximate surface area is 142 Å². The molecule has 0 saturated carbocycles. The first-order valence-corrected chi connectivity index (χ1v) is 9.45. The monoisotopic (exact) mass is 335 g/mol. The van der Waals surface area contributed by atoms with E-state index in [1.54, 1.807) is 6.20 Å². The molecular formula is C17H25N3O2S. The fraction of sp³-hybridized carbons (Fsp3) is 0.647. The predicted octanol–water partition coefficient (Wildman–Crippen LogP) is 2.13. The molecule has 126 valence electrons. The Hall–Kier alpha value is -1.27. The van der Waals surface area contributed by atoms with E-state index in [2.05, 4.69) is 16.9 Å². The van der Waals surface area contributed by atoms with E-state index in [9.17, 15) is 4.79 Å². The van der Waals surface area contributed by atoms with Crippen molar-refractivity contribution in [2.45, 2.75) is 31.4 Å². The van der Waals surface area contributed by atoms with Crippen molar-refractivity contribution in [3.8, 4) is 5.88 Å². The molecule has 3 heterocycles. The van der Waals surface area contributed by atoms with Crippen LogP contribution in [-0.4, -0.2) is 71.5 Å². The summed E-state index contributed by atoms with van der Waals surface area (Å²) in [6, 6.07) is 3.94. The highest BCUT2D eigenvalue weighted by molar-refractivity contribution is 7.99. The van der Waals surface area contributed by atoms with Gasteiger partial charge in [-0.2, -0.15) is 11.8 Å². The Balaban J connectivity index is 1.71. The summed E-state index contributed by atoms with van der Waals surface area (Å²) in [5, 5.41) is 0. The van der Waals surface area contributed by atoms with Crippen molar-refractivity contribution in [2.24, 2.45) is 0 Å². The SMILES string of the molecule is CN1CCC(N(C)C(=O)c2cccnc2OC2CCSC2)CC1. The van der Waals surface area contributed by atoms with E-state index < -0.39 is 0 Å². The Bertz CT molecular complexity index is 540. The summed E-state index contributed by atoms with van der Waals surface area (Å²) in [4.78, 5) is 21.4. The van der Waals surface area contributed by atoms with Crippen LogP contribution in [0.3, 0.4) is 0 Å². The van der Waals surface area contributed by atoms with Crippen LogP contribution in [0.1, 0.15) is 29.6 Å². The highest BCUT2D eigenvalue weighted by atomic mass is 32.2. The summed E-state index contributed by atoms with van der Waals surface area (Å²) in [7, 11) is 4.03. The number of nitrogens with zero attached hydrogens (tertiary/aromatic N) is 3. The van der Waals surface area contributed by atoms with Crippen molar-refractivity contribution in [3.63, 3.8) is 0 Å². The van der Waals surface area contributed by atoms with Gasteiger partial charge in [-0.05, 0) is 57.3 Å². The van der Waals surface area contributed by atoms with E-state index in [4.69, 9.17) is 4.74 Å². The van der Waals surface area contributed by atoms with Crippen LogP contribution in [0.5, 0.6) is 5.88 Å². The Kier molecular flexibility index (Phi) is 5.43. The largest absolute Gasteiger partial charge is 0.473 e. The van der Waals surface area contributed by atoms with Gasteiger partial charge >= 0.3 is 0 Å². The van der Waals surface area contributed by atoms with Crippen molar-refractivity contribution in [1.82, 2.24) is 14.8 Å². The number of aromatic nitrogens is 1. The quantitative estimate of drug-likeness (QED) is 0.843. The fourth-order valence-electron chi connectivity index (χ4n) is 3.15. The first kappa shape index (κ1) is 16.6. The van der Waals surface area contributed by atoms with Crippen LogP contribution in [0.4, 0.5) is 0 Å². The fourth-order valence-corrected chi connectivity index (χ4v) is 4.24. The first-order valence-electron chi connectivity index (χ1n) is 8.30. The highest BCUT2D eigenvalue weighted by Gasteiger charge is 2.28. The van der Waals surface area contributed by atoms with Gasteiger partial charge in [0.15, 0.2) is 0 Å². The van der Waals surface area contributed by atoms with Crippen molar-refractivity contribution >= 4 is 17.7 Å². The molecule has 0 bridgehead atoms. The zero-order valence-electron chi connectivity index (χ0n) is 13.9. The first-order chi connectivity index (χ1) is 11.1. The number of carbonyl (C=O) groups is 1. The van der Waals surface area contributed by atoms with E-state index in [-0.39, 0.29) is 12.0 Å². The molecule has 1 amide bonds. The van der Waals surface area contributed by atoms with Gasteiger partial charge in [-0.1, -0.05) is 0 Å². The second kappa shape index (κ2) is 7.53. The van der Waals surface area contributed by atoms with E-state index in [0.717, 1.165) is 43.9 Å². The highest BCUT2D eigenvalue weighted by Crippen LogP contribution is 2.26. The van der Waals surface area contributed by atoms with Crippen molar-refractivity contribution in [3.05, 3.63) is 23.9 Å². The molecule has 0 radical (unpaired) electrons. The lowest BCUT2D eigenvalue weighted by Crippen LogP contribution is -2.44. The van der Waals surface area contributed by atoms with E-state index >= 15 is 0 Å². The third kappa shape index (κ3) is 3.98. The predicted molar refractivity (Wildman–Crippen MR) is 93.2 cm³/mol. The number of hydrogen-bond donors (Lipinski definition) is 0. The topological polar surface area (TPSA) is 45.7 Å². The van der Waals surface area contributed by atoms with Crippen LogP contribution in [0.2, 0.25) is 0 Å². The maximum Gasteiger partial charge on any atom is 0.259 e. The lowest BCUT2D eigenvalue weighted by Gasteiger charge is -2.35. The molecule has 2 saturated heterocycles. The molecule has 0 spiro atoms. The van der Waals surface area contributed by atoms with Crippen LogP contribution in [-0.2, 0) is 0 Å². The maximum absolute atomic E-state index is 12.9. The average molecular weight is 335 g/mol. The van der Waals surface area contributed by atoms with Crippen molar-refractivity contribution in [1.29, 1.82) is 0 Å². The molecule has 1 unspecified atom stereocenters. The Morgan fingerprint density at radius 1 is 1.39 bits per heavy atom. The summed E-state index contributed by atoms with van der Waals surface area (Å²) in [5.41, 5.74) is 0.589. The minimum absolute atomic E-state index is 0.0216. The summed E-state index contributed by atoms with van der Waals surface area (Å²) in [5.74, 6) is 2.61. The molecule has 23 heavy (non-hydrogen) atoms. The zero-order chi connectivity index (χ0) is 16.2. The van der Waals surface area contributed by atoms with Crippen LogP contribution >= 0.6 is 11.8 Å². The van der Waals surface area contributed by atoms with Gasteiger partial charge in [-0.15, -0.1) is 0 Å². The molecule has 0 aromatic carbocycles. The summed E-state index contributed by atoms with van der Waals surface area (Å²) < 4.78 is 5.99. The number of likely N-dealkylation sites (tertiary alicyclic amines) is 1. The number of piperidine rings is 1. The number of hydrogen-bond acceptors (Lipinski definition) is 5. The lowest BCUT2D eigenvalue weighted by molar-refractivity contribution is 0.0652. The van der Waals surface area contributed by atoms with Gasteiger partial charge in [0, 0.05) is 25.0 Å². The molecular weight excluding hydrogens is 310 g/mol. The minimum Gasteiger partial charge on any atom is -0.473 e. The van der Waals surface area contributed by atoms with Gasteiger partial charge in [0.05, 0.1) is 0 Å². The molecule has 3 rings (SSSR count). The lowest BCUT2D eigenvalue weighted by atomic mass is 10.0. The number of carbonyl (C=O) groups excluding carboxylic acids is 1. The van der Waals surface area contributed by atoms with Gasteiger partial charge in [0.1, 0.15) is 11.7 Å². The molecule has 2 aliphatic rings. The molecule has 2 fully saturated rings. The van der Waals surface area contributed by atoms with Crippen LogP contribution in [0, 0.1) is 0 Å². The Morgan fingerprint density at radius 3 is 2.87 bits per heavy atom. The number of rotatable bonds is 4. The zero-order valence-corrected chi connectivity index (χ0v) is 14.7. The molecule has 1 atom stereocenters. The molecule has 0 N–H and O–H groups in total. The van der Waals surface area contributed by atoms with E-state index in [0.29, 0.717) is 17.5 Å². The van der Waals surface area contributed by atoms with Gasteiger partial charge in [-0.25, -0.2) is 4.98 Å². The third-order valence-corrected chi connectivity index (χ3v) is 5.86. The average Bonchev–Trinajstić information content (AvgIpc) is 3.08. The molecule has 5 nitrogen and oxygen atoms in total. The number of amides is 1. The smallest absolute Gasteiger partial charge is 0.259 e. The van der Waals surface area contributed by atoms with Crippen molar-refractivity contribution < 1.29 is 9.53 Å². The van der Waals surface area contributed by atoms with Gasteiger partial charge in [0.25, 0.3) is 5.91 Å². The number of pyridine rings is 1. The normalized spacial score (nSPS) is 23.0. The number of thioether (sulfide) groups is 1. The standard InChI is InChI=1S/C17H25N3O2S/c1-19-9-5-13(6-10-19)20(2)17(21)15-4-3-8-18-16(15)22-14-7-11-23-12-14/h3-4,8,13-14H,5-7,9-12H2,1-2H3. The molecule has 2 aliphatic heterocycles. The van der Waals surface area contributed by atoms with Gasteiger partial charge < -0.3 is 14.5 Å². The molecule has 1 aromatic rings. The van der Waals surface area contributed by atoms with Crippen molar-refractivity contribution in [2.75, 3.05) is 38.7 Å². The third-order valence-electron chi connectivity index (χ3n) is 4.72.